The summed E-state index contributed by atoms with van der Waals surface area (Å²) in [7, 11) is 0. The first-order valence-corrected chi connectivity index (χ1v) is 6.05. The topological polar surface area (TPSA) is 75.6 Å². The number of alkyl carbamates (subject to hydrolysis) is 1. The van der Waals surface area contributed by atoms with Gasteiger partial charge in [0.05, 0.1) is 5.56 Å². The number of hydrogen-bond acceptors (Lipinski definition) is 3. The predicted molar refractivity (Wildman–Crippen MR) is 71.5 cm³/mol. The standard InChI is InChI=1S/C13H16ClNO4/c1-13(2,3)19-12(18)15-7-8-6-9(14)4-5-10(8)11(16)17/h4-6H,7H2,1-3H3,(H,15,18)(H,16,17). The van der Waals surface area contributed by atoms with Crippen molar-refractivity contribution in [3.8, 4) is 0 Å². The SMILES string of the molecule is CC(C)(C)OC(=O)NCc1cc(Cl)ccc1C(=O)O. The van der Waals surface area contributed by atoms with Crippen molar-refractivity contribution in [1.82, 2.24) is 5.32 Å². The number of ether oxygens (including phenoxy) is 1. The fraction of sp³-hybridized carbons (Fsp3) is 0.385. The highest BCUT2D eigenvalue weighted by Gasteiger charge is 2.17. The van der Waals surface area contributed by atoms with E-state index in [0.717, 1.165) is 0 Å². The van der Waals surface area contributed by atoms with Crippen LogP contribution in [-0.4, -0.2) is 22.8 Å². The van der Waals surface area contributed by atoms with Gasteiger partial charge in [0.25, 0.3) is 0 Å². The van der Waals surface area contributed by atoms with Crippen LogP contribution in [0.15, 0.2) is 18.2 Å². The van der Waals surface area contributed by atoms with Gasteiger partial charge in [0.1, 0.15) is 5.60 Å². The largest absolute Gasteiger partial charge is 0.478 e. The van der Waals surface area contributed by atoms with E-state index in [9.17, 15) is 9.59 Å². The Hall–Kier alpha value is -1.75. The summed E-state index contributed by atoms with van der Waals surface area (Å²) in [6, 6.07) is 4.39. The highest BCUT2D eigenvalue weighted by atomic mass is 35.5. The van der Waals surface area contributed by atoms with E-state index in [-0.39, 0.29) is 12.1 Å². The van der Waals surface area contributed by atoms with Crippen molar-refractivity contribution < 1.29 is 19.4 Å². The monoisotopic (exact) mass is 285 g/mol. The number of carbonyl (C=O) groups is 2. The Balaban J connectivity index is 2.75. The van der Waals surface area contributed by atoms with Crippen LogP contribution in [0.3, 0.4) is 0 Å². The number of hydrogen-bond donors (Lipinski definition) is 2. The zero-order valence-corrected chi connectivity index (χ0v) is 11.7. The molecule has 5 nitrogen and oxygen atoms in total. The van der Waals surface area contributed by atoms with Gasteiger partial charge in [-0.15, -0.1) is 0 Å². The quantitative estimate of drug-likeness (QED) is 0.895. The molecule has 0 aliphatic carbocycles. The molecule has 6 heteroatoms. The second kappa shape index (κ2) is 5.93. The Bertz CT molecular complexity index is 494. The lowest BCUT2D eigenvalue weighted by Crippen LogP contribution is -2.32. The zero-order valence-electron chi connectivity index (χ0n) is 11.0. The van der Waals surface area contributed by atoms with Gasteiger partial charge in [-0.3, -0.25) is 0 Å². The first kappa shape index (κ1) is 15.3. The molecule has 0 aliphatic rings. The molecule has 19 heavy (non-hydrogen) atoms. The van der Waals surface area contributed by atoms with E-state index >= 15 is 0 Å². The summed E-state index contributed by atoms with van der Waals surface area (Å²) >= 11 is 5.81. The van der Waals surface area contributed by atoms with Crippen molar-refractivity contribution in [3.63, 3.8) is 0 Å². The van der Waals surface area contributed by atoms with Crippen LogP contribution in [0.2, 0.25) is 5.02 Å². The molecule has 0 bridgehead atoms. The molecular formula is C13H16ClNO4. The molecule has 1 aromatic rings. The molecule has 0 saturated carbocycles. The highest BCUT2D eigenvalue weighted by molar-refractivity contribution is 6.30. The Kier molecular flexibility index (Phi) is 4.78. The molecule has 2 N–H and O–H groups in total. The Labute approximate surface area is 116 Å². The van der Waals surface area contributed by atoms with E-state index < -0.39 is 17.7 Å². The van der Waals surface area contributed by atoms with Gasteiger partial charge in [-0.2, -0.15) is 0 Å². The van der Waals surface area contributed by atoms with Gasteiger partial charge in [0, 0.05) is 11.6 Å². The number of rotatable bonds is 3. The maximum absolute atomic E-state index is 11.5. The summed E-state index contributed by atoms with van der Waals surface area (Å²) in [4.78, 5) is 22.5. The molecule has 0 aromatic heterocycles. The zero-order chi connectivity index (χ0) is 14.6. The van der Waals surface area contributed by atoms with E-state index in [1.807, 2.05) is 0 Å². The number of halogens is 1. The maximum atomic E-state index is 11.5. The van der Waals surface area contributed by atoms with E-state index in [0.29, 0.717) is 10.6 Å². The number of carbonyl (C=O) groups excluding carboxylic acids is 1. The average molecular weight is 286 g/mol. The summed E-state index contributed by atoms with van der Waals surface area (Å²) in [6.45, 7) is 5.27. The van der Waals surface area contributed by atoms with E-state index in [1.165, 1.54) is 18.2 Å². The number of carboxylic acid groups (broad SMARTS) is 1. The third-order valence-corrected chi connectivity index (χ3v) is 2.35. The van der Waals surface area contributed by atoms with Crippen LogP contribution in [0.4, 0.5) is 4.79 Å². The molecule has 0 heterocycles. The Morgan fingerprint density at radius 3 is 2.53 bits per heavy atom. The molecule has 0 unspecified atom stereocenters. The fourth-order valence-electron chi connectivity index (χ4n) is 1.40. The summed E-state index contributed by atoms with van der Waals surface area (Å²) in [5.74, 6) is -1.07. The van der Waals surface area contributed by atoms with E-state index in [4.69, 9.17) is 21.4 Å². The average Bonchev–Trinajstić information content (AvgIpc) is 2.23. The number of nitrogens with one attached hydrogen (secondary N) is 1. The minimum atomic E-state index is -1.07. The summed E-state index contributed by atoms with van der Waals surface area (Å²) in [5, 5.41) is 11.9. The molecule has 0 saturated heterocycles. The summed E-state index contributed by atoms with van der Waals surface area (Å²) < 4.78 is 5.06. The van der Waals surface area contributed by atoms with Gasteiger partial charge in [-0.1, -0.05) is 11.6 Å². The molecule has 104 valence electrons. The van der Waals surface area contributed by atoms with Gasteiger partial charge in [0.2, 0.25) is 0 Å². The number of amides is 1. The van der Waals surface area contributed by atoms with Crippen LogP contribution in [0, 0.1) is 0 Å². The third-order valence-electron chi connectivity index (χ3n) is 2.12. The number of aromatic carboxylic acids is 1. The number of benzene rings is 1. The van der Waals surface area contributed by atoms with Crippen LogP contribution in [0.1, 0.15) is 36.7 Å². The van der Waals surface area contributed by atoms with Gasteiger partial charge >= 0.3 is 12.1 Å². The molecule has 1 amide bonds. The first-order valence-electron chi connectivity index (χ1n) is 5.67. The number of carboxylic acids is 1. The molecule has 0 atom stereocenters. The van der Waals surface area contributed by atoms with E-state index in [1.54, 1.807) is 20.8 Å². The fourth-order valence-corrected chi connectivity index (χ4v) is 1.59. The van der Waals surface area contributed by atoms with Crippen molar-refractivity contribution in [2.45, 2.75) is 32.9 Å². The molecule has 0 spiro atoms. The highest BCUT2D eigenvalue weighted by Crippen LogP contribution is 2.16. The van der Waals surface area contributed by atoms with Crippen LogP contribution in [-0.2, 0) is 11.3 Å². The summed E-state index contributed by atoms with van der Waals surface area (Å²) in [6.07, 6.45) is -0.608. The second-order valence-corrected chi connectivity index (χ2v) is 5.40. The third kappa shape index (κ3) is 5.18. The Morgan fingerprint density at radius 2 is 2.00 bits per heavy atom. The molecule has 1 aromatic carbocycles. The molecule has 0 radical (unpaired) electrons. The minimum Gasteiger partial charge on any atom is -0.478 e. The van der Waals surface area contributed by atoms with Crippen molar-refractivity contribution in [2.75, 3.05) is 0 Å². The van der Waals surface area contributed by atoms with Crippen LogP contribution in [0.25, 0.3) is 0 Å². The molecule has 1 rings (SSSR count). The lowest BCUT2D eigenvalue weighted by molar-refractivity contribution is 0.0521. The molecular weight excluding hydrogens is 270 g/mol. The van der Waals surface area contributed by atoms with Gasteiger partial charge in [0.15, 0.2) is 0 Å². The van der Waals surface area contributed by atoms with E-state index in [2.05, 4.69) is 5.32 Å². The van der Waals surface area contributed by atoms with Crippen molar-refractivity contribution >= 4 is 23.7 Å². The Morgan fingerprint density at radius 1 is 1.37 bits per heavy atom. The van der Waals surface area contributed by atoms with Crippen molar-refractivity contribution in [1.29, 1.82) is 0 Å². The predicted octanol–water partition coefficient (Wildman–Crippen LogP) is 3.06. The summed E-state index contributed by atoms with van der Waals surface area (Å²) in [5.41, 5.74) is -0.0834. The lowest BCUT2D eigenvalue weighted by atomic mass is 10.1. The lowest BCUT2D eigenvalue weighted by Gasteiger charge is -2.19. The van der Waals surface area contributed by atoms with Gasteiger partial charge in [-0.05, 0) is 44.5 Å². The van der Waals surface area contributed by atoms with Gasteiger partial charge < -0.3 is 15.2 Å². The minimum absolute atomic E-state index is 0.0388. The normalized spacial score (nSPS) is 10.9. The molecule has 0 aliphatic heterocycles. The van der Waals surface area contributed by atoms with Crippen LogP contribution in [0.5, 0.6) is 0 Å². The smallest absolute Gasteiger partial charge is 0.407 e. The van der Waals surface area contributed by atoms with Gasteiger partial charge in [-0.25, -0.2) is 9.59 Å². The van der Waals surface area contributed by atoms with Crippen LogP contribution >= 0.6 is 11.6 Å². The van der Waals surface area contributed by atoms with Crippen molar-refractivity contribution in [3.05, 3.63) is 34.3 Å². The van der Waals surface area contributed by atoms with Crippen LogP contribution < -0.4 is 5.32 Å². The first-order chi connectivity index (χ1) is 8.69. The molecule has 0 fully saturated rings. The van der Waals surface area contributed by atoms with Crippen molar-refractivity contribution in [2.24, 2.45) is 0 Å². The maximum Gasteiger partial charge on any atom is 0.407 e. The second-order valence-electron chi connectivity index (χ2n) is 4.96.